The van der Waals surface area contributed by atoms with Crippen LogP contribution in [-0.2, 0) is 6.54 Å². The second-order valence-electron chi connectivity index (χ2n) is 10.2. The molecule has 2 saturated heterocycles. The van der Waals surface area contributed by atoms with Gasteiger partial charge in [-0.05, 0) is 57.0 Å². The molecule has 2 aliphatic heterocycles. The summed E-state index contributed by atoms with van der Waals surface area (Å²) in [5.74, 6) is 0.463. The Labute approximate surface area is 232 Å². The van der Waals surface area contributed by atoms with Crippen LogP contribution in [0.4, 0.5) is 29.1 Å². The number of hydrogen-bond acceptors (Lipinski definition) is 5. The Hall–Kier alpha value is -1.81. The van der Waals surface area contributed by atoms with Crippen molar-refractivity contribution in [2.24, 2.45) is 0 Å². The molecule has 210 valence electrons. The summed E-state index contributed by atoms with van der Waals surface area (Å²) in [6.07, 6.45) is -0.238. The molecule has 3 heterocycles. The summed E-state index contributed by atoms with van der Waals surface area (Å²) in [6, 6.07) is 7.48. The van der Waals surface area contributed by atoms with E-state index < -0.39 is 12.6 Å². The maximum atomic E-state index is 14.2. The molecule has 0 bridgehead atoms. The smallest absolute Gasteiger partial charge is 0.384 e. The summed E-state index contributed by atoms with van der Waals surface area (Å²) >= 11 is 12.4. The predicted octanol–water partition coefficient (Wildman–Crippen LogP) is 6.85. The van der Waals surface area contributed by atoms with Gasteiger partial charge in [0.25, 0.3) is 0 Å². The van der Waals surface area contributed by atoms with E-state index in [2.05, 4.69) is 31.9 Å². The minimum atomic E-state index is -4.15. The number of alkyl halides is 3. The molecule has 0 saturated carbocycles. The van der Waals surface area contributed by atoms with E-state index in [0.717, 1.165) is 52.0 Å². The molecule has 1 unspecified atom stereocenters. The minimum Gasteiger partial charge on any atom is -0.384 e. The van der Waals surface area contributed by atoms with Crippen LogP contribution < -0.4 is 10.2 Å². The quantitative estimate of drug-likeness (QED) is 0.261. The first-order chi connectivity index (χ1) is 18.1. The molecule has 1 aromatic heterocycles. The van der Waals surface area contributed by atoms with Gasteiger partial charge in [0.05, 0.1) is 16.9 Å². The lowest BCUT2D eigenvalue weighted by Gasteiger charge is -2.47. The van der Waals surface area contributed by atoms with Crippen LogP contribution in [-0.4, -0.2) is 72.3 Å². The Morgan fingerprint density at radius 3 is 2.50 bits per heavy atom. The average Bonchev–Trinajstić information content (AvgIpc) is 2.88. The molecule has 1 atom stereocenters. The highest BCUT2D eigenvalue weighted by Crippen LogP contribution is 2.31. The third-order valence-electron chi connectivity index (χ3n) is 7.52. The van der Waals surface area contributed by atoms with E-state index in [1.54, 1.807) is 24.4 Å². The van der Waals surface area contributed by atoms with Gasteiger partial charge in [0, 0.05) is 61.8 Å². The number of aromatic nitrogens is 1. The Kier molecular flexibility index (Phi) is 10.0. The largest absolute Gasteiger partial charge is 0.389 e. The van der Waals surface area contributed by atoms with Gasteiger partial charge in [-0.2, -0.15) is 13.2 Å². The van der Waals surface area contributed by atoms with Gasteiger partial charge in [-0.25, -0.2) is 9.37 Å². The first-order valence-electron chi connectivity index (χ1n) is 13.3. The van der Waals surface area contributed by atoms with Crippen molar-refractivity contribution in [1.29, 1.82) is 0 Å². The predicted molar refractivity (Wildman–Crippen MR) is 146 cm³/mol. The zero-order chi connectivity index (χ0) is 27.3. The van der Waals surface area contributed by atoms with Crippen molar-refractivity contribution >= 4 is 34.7 Å². The Bertz CT molecular complexity index is 1060. The van der Waals surface area contributed by atoms with Crippen molar-refractivity contribution in [3.05, 3.63) is 51.9 Å². The van der Waals surface area contributed by atoms with Crippen LogP contribution in [0.15, 0.2) is 30.5 Å². The van der Waals surface area contributed by atoms with Crippen molar-refractivity contribution in [2.75, 3.05) is 49.5 Å². The van der Waals surface area contributed by atoms with E-state index in [1.165, 1.54) is 6.07 Å². The molecule has 0 spiro atoms. The summed E-state index contributed by atoms with van der Waals surface area (Å²) in [4.78, 5) is 11.7. The molecular weight excluding hydrogens is 541 g/mol. The fourth-order valence-corrected chi connectivity index (χ4v) is 5.93. The minimum absolute atomic E-state index is 0.0000482. The van der Waals surface area contributed by atoms with Gasteiger partial charge < -0.3 is 10.2 Å². The van der Waals surface area contributed by atoms with Crippen LogP contribution in [0.25, 0.3) is 0 Å². The Morgan fingerprint density at radius 1 is 1.08 bits per heavy atom. The van der Waals surface area contributed by atoms with Gasteiger partial charge in [0.15, 0.2) is 0 Å². The lowest BCUT2D eigenvalue weighted by Crippen LogP contribution is -2.58. The Morgan fingerprint density at radius 2 is 1.84 bits per heavy atom. The van der Waals surface area contributed by atoms with Crippen LogP contribution in [0.3, 0.4) is 0 Å². The topological polar surface area (TPSA) is 34.6 Å². The lowest BCUT2D eigenvalue weighted by molar-refractivity contribution is -0.134. The number of halogens is 6. The highest BCUT2D eigenvalue weighted by Gasteiger charge is 2.34. The van der Waals surface area contributed by atoms with E-state index in [0.29, 0.717) is 45.7 Å². The van der Waals surface area contributed by atoms with Crippen molar-refractivity contribution in [3.8, 4) is 0 Å². The maximum absolute atomic E-state index is 14.2. The summed E-state index contributed by atoms with van der Waals surface area (Å²) in [7, 11) is 0. The molecule has 4 rings (SSSR count). The van der Waals surface area contributed by atoms with E-state index in [-0.39, 0.29) is 18.8 Å². The standard InChI is InChI=1S/C27H35Cl2F4N5/c1-2-22-18-37(26-24(29)15-21(16-35-26)34-9-3-8-27(31,32)33)12-13-38(22)23-6-10-36(11-7-23)17-19-4-5-20(28)14-25(19)30/h4-5,14-16,22-23,34H,2-3,6-13,17-18H2,1H3. The van der Waals surface area contributed by atoms with Gasteiger partial charge in [-0.15, -0.1) is 0 Å². The van der Waals surface area contributed by atoms with Gasteiger partial charge in [0.1, 0.15) is 11.6 Å². The molecule has 1 N–H and O–H groups in total. The van der Waals surface area contributed by atoms with E-state index in [9.17, 15) is 17.6 Å². The molecule has 0 radical (unpaired) electrons. The molecule has 2 fully saturated rings. The molecule has 5 nitrogen and oxygen atoms in total. The maximum Gasteiger partial charge on any atom is 0.389 e. The van der Waals surface area contributed by atoms with E-state index >= 15 is 0 Å². The first-order valence-corrected chi connectivity index (χ1v) is 14.0. The molecule has 1 aromatic carbocycles. The molecule has 11 heteroatoms. The number of nitrogens with zero attached hydrogens (tertiary/aromatic N) is 4. The second-order valence-corrected chi connectivity index (χ2v) is 11.0. The zero-order valence-corrected chi connectivity index (χ0v) is 23.1. The third kappa shape index (κ3) is 7.87. The number of hydrogen-bond donors (Lipinski definition) is 1. The Balaban J connectivity index is 1.28. The fraction of sp³-hybridized carbons (Fsp3) is 0.593. The SMILES string of the molecule is CCC1CN(c2ncc(NCCCC(F)(F)F)cc2Cl)CCN1C1CCN(Cc2ccc(Cl)cc2F)CC1. The van der Waals surface area contributed by atoms with Gasteiger partial charge in [-0.1, -0.05) is 36.2 Å². The number of piperidine rings is 1. The van der Waals surface area contributed by atoms with Crippen molar-refractivity contribution < 1.29 is 17.6 Å². The monoisotopic (exact) mass is 575 g/mol. The number of nitrogens with one attached hydrogen (secondary N) is 1. The first kappa shape index (κ1) is 29.2. The fourth-order valence-electron chi connectivity index (χ4n) is 5.49. The number of pyridine rings is 1. The van der Waals surface area contributed by atoms with Crippen molar-refractivity contribution in [1.82, 2.24) is 14.8 Å². The zero-order valence-electron chi connectivity index (χ0n) is 21.6. The van der Waals surface area contributed by atoms with Crippen molar-refractivity contribution in [2.45, 2.75) is 63.8 Å². The number of benzene rings is 1. The summed E-state index contributed by atoms with van der Waals surface area (Å²) in [5, 5.41) is 3.89. The molecule has 0 amide bonds. The van der Waals surface area contributed by atoms with Crippen LogP contribution in [0, 0.1) is 5.82 Å². The normalized spacial score (nSPS) is 20.2. The van der Waals surface area contributed by atoms with Crippen LogP contribution in [0.5, 0.6) is 0 Å². The van der Waals surface area contributed by atoms with Crippen molar-refractivity contribution in [3.63, 3.8) is 0 Å². The van der Waals surface area contributed by atoms with Crippen LogP contribution in [0.2, 0.25) is 10.0 Å². The number of piperazine rings is 1. The van der Waals surface area contributed by atoms with E-state index in [1.807, 2.05) is 0 Å². The molecule has 38 heavy (non-hydrogen) atoms. The second kappa shape index (κ2) is 13.0. The van der Waals surface area contributed by atoms with Crippen LogP contribution in [0.1, 0.15) is 44.6 Å². The summed E-state index contributed by atoms with van der Waals surface area (Å²) < 4.78 is 51.3. The third-order valence-corrected chi connectivity index (χ3v) is 8.04. The number of anilines is 2. The van der Waals surface area contributed by atoms with Gasteiger partial charge >= 0.3 is 6.18 Å². The van der Waals surface area contributed by atoms with Crippen LogP contribution >= 0.6 is 23.2 Å². The van der Waals surface area contributed by atoms with Gasteiger partial charge in [-0.3, -0.25) is 9.80 Å². The highest BCUT2D eigenvalue weighted by molar-refractivity contribution is 6.33. The van der Waals surface area contributed by atoms with E-state index in [4.69, 9.17) is 23.2 Å². The average molecular weight is 577 g/mol. The highest BCUT2D eigenvalue weighted by atomic mass is 35.5. The molecular formula is C27H35Cl2F4N5. The number of rotatable bonds is 9. The summed E-state index contributed by atoms with van der Waals surface area (Å²) in [5.41, 5.74) is 1.30. The molecule has 0 aliphatic carbocycles. The number of likely N-dealkylation sites (tertiary alicyclic amines) is 1. The summed E-state index contributed by atoms with van der Waals surface area (Å²) in [6.45, 7) is 7.38. The lowest BCUT2D eigenvalue weighted by atomic mass is 9.97. The van der Waals surface area contributed by atoms with Gasteiger partial charge in [0.2, 0.25) is 0 Å². The molecule has 2 aliphatic rings. The molecule has 2 aromatic rings.